The third-order valence-corrected chi connectivity index (χ3v) is 6.76. The Bertz CT molecular complexity index is 1310. The van der Waals surface area contributed by atoms with E-state index in [1.54, 1.807) is 23.1 Å². The van der Waals surface area contributed by atoms with Crippen molar-refractivity contribution in [1.29, 1.82) is 0 Å². The molecule has 1 unspecified atom stereocenters. The Morgan fingerprint density at radius 3 is 2.03 bits per heavy atom. The van der Waals surface area contributed by atoms with Crippen LogP contribution in [0.25, 0.3) is 0 Å². The van der Waals surface area contributed by atoms with Crippen LogP contribution in [-0.4, -0.2) is 16.7 Å². The van der Waals surface area contributed by atoms with Gasteiger partial charge < -0.3 is 10.2 Å². The van der Waals surface area contributed by atoms with Gasteiger partial charge in [0.15, 0.2) is 0 Å². The molecule has 6 heteroatoms. The third kappa shape index (κ3) is 7.45. The first-order chi connectivity index (χ1) is 18.0. The second-order valence-electron chi connectivity index (χ2n) is 8.76. The first-order valence-corrected chi connectivity index (χ1v) is 12.9. The van der Waals surface area contributed by atoms with Crippen molar-refractivity contribution in [2.45, 2.75) is 32.0 Å². The van der Waals surface area contributed by atoms with Crippen LogP contribution in [-0.2, 0) is 29.1 Å². The van der Waals surface area contributed by atoms with Crippen molar-refractivity contribution in [1.82, 2.24) is 10.2 Å². The number of rotatable bonds is 10. The lowest BCUT2D eigenvalue weighted by Crippen LogP contribution is -2.43. The number of carbonyl (C=O) groups is 2. The van der Waals surface area contributed by atoms with Crippen LogP contribution in [0.15, 0.2) is 109 Å². The predicted octanol–water partition coefficient (Wildman–Crippen LogP) is 7.01. The van der Waals surface area contributed by atoms with Crippen molar-refractivity contribution >= 4 is 35.0 Å². The summed E-state index contributed by atoms with van der Waals surface area (Å²) in [5.41, 5.74) is 3.50. The van der Waals surface area contributed by atoms with Crippen molar-refractivity contribution in [3.8, 4) is 0 Å². The van der Waals surface area contributed by atoms with Crippen LogP contribution in [0.3, 0.4) is 0 Å². The molecule has 4 aromatic rings. The lowest BCUT2D eigenvalue weighted by molar-refractivity contribution is -0.141. The van der Waals surface area contributed by atoms with Gasteiger partial charge in [-0.15, -0.1) is 0 Å². The minimum absolute atomic E-state index is 0.111. The predicted molar refractivity (Wildman–Crippen MR) is 149 cm³/mol. The minimum atomic E-state index is -0.817. The van der Waals surface area contributed by atoms with Gasteiger partial charge in [0.1, 0.15) is 6.04 Å². The lowest BCUT2D eigenvalue weighted by Gasteiger charge is -2.32. The molecule has 0 fully saturated rings. The molecule has 2 amide bonds. The summed E-state index contributed by atoms with van der Waals surface area (Å²) in [6, 6.07) is 33.2. The molecule has 0 aliphatic rings. The second-order valence-corrected chi connectivity index (χ2v) is 9.60. The monoisotopic (exact) mass is 530 g/mol. The fourth-order valence-electron chi connectivity index (χ4n) is 4.18. The number of hydrogen-bond donors (Lipinski definition) is 1. The average molecular weight is 531 g/mol. The van der Waals surface area contributed by atoms with Crippen LogP contribution >= 0.6 is 23.2 Å². The van der Waals surface area contributed by atoms with E-state index in [1.807, 2.05) is 91.0 Å². The zero-order valence-electron chi connectivity index (χ0n) is 20.3. The molecule has 4 rings (SSSR count). The highest BCUT2D eigenvalue weighted by atomic mass is 35.5. The SMILES string of the molecule is O=C(NCc1ccccc1Cl)C(c1ccccc1)N(Cc1ccc(Cl)cc1)C(=O)CCc1ccccc1. The molecule has 1 atom stereocenters. The van der Waals surface area contributed by atoms with Gasteiger partial charge in [0, 0.05) is 29.6 Å². The summed E-state index contributed by atoms with van der Waals surface area (Å²) in [4.78, 5) is 29.1. The molecule has 0 saturated heterocycles. The summed E-state index contributed by atoms with van der Waals surface area (Å²) in [5.74, 6) is -0.381. The van der Waals surface area contributed by atoms with Gasteiger partial charge in [0.05, 0.1) is 0 Å². The van der Waals surface area contributed by atoms with Crippen molar-refractivity contribution in [2.75, 3.05) is 0 Å². The maximum atomic E-state index is 13.7. The Hall–Kier alpha value is -3.60. The molecular formula is C31H28Cl2N2O2. The van der Waals surface area contributed by atoms with Gasteiger partial charge in [-0.1, -0.05) is 114 Å². The molecule has 4 aromatic carbocycles. The van der Waals surface area contributed by atoms with Gasteiger partial charge in [-0.2, -0.15) is 0 Å². The molecule has 0 heterocycles. The number of carbonyl (C=O) groups excluding carboxylic acids is 2. The van der Waals surface area contributed by atoms with Gasteiger partial charge >= 0.3 is 0 Å². The molecule has 0 aromatic heterocycles. The normalized spacial score (nSPS) is 11.5. The van der Waals surface area contributed by atoms with Crippen molar-refractivity contribution < 1.29 is 9.59 Å². The number of halogens is 2. The van der Waals surface area contributed by atoms with Gasteiger partial charge in [0.25, 0.3) is 0 Å². The summed E-state index contributed by atoms with van der Waals surface area (Å²) in [6.07, 6.45) is 0.859. The van der Waals surface area contributed by atoms with Crippen LogP contribution in [0, 0.1) is 0 Å². The Kier molecular flexibility index (Phi) is 9.36. The van der Waals surface area contributed by atoms with E-state index in [4.69, 9.17) is 23.2 Å². The van der Waals surface area contributed by atoms with Gasteiger partial charge in [0.2, 0.25) is 11.8 Å². The summed E-state index contributed by atoms with van der Waals surface area (Å²) in [6.45, 7) is 0.526. The largest absolute Gasteiger partial charge is 0.350 e. The van der Waals surface area contributed by atoms with Crippen LogP contribution in [0.1, 0.15) is 34.7 Å². The molecule has 0 aliphatic carbocycles. The lowest BCUT2D eigenvalue weighted by atomic mass is 10.0. The molecule has 1 N–H and O–H groups in total. The van der Waals surface area contributed by atoms with E-state index >= 15 is 0 Å². The zero-order chi connectivity index (χ0) is 26.0. The first-order valence-electron chi connectivity index (χ1n) is 12.1. The van der Waals surface area contributed by atoms with Crippen LogP contribution in [0.5, 0.6) is 0 Å². The van der Waals surface area contributed by atoms with Gasteiger partial charge in [-0.05, 0) is 46.9 Å². The number of aryl methyl sites for hydroxylation is 1. The molecule has 0 saturated carbocycles. The van der Waals surface area contributed by atoms with Crippen molar-refractivity contribution in [2.24, 2.45) is 0 Å². The Balaban J connectivity index is 1.63. The summed E-state index contributed by atoms with van der Waals surface area (Å²) >= 11 is 12.4. The highest BCUT2D eigenvalue weighted by Crippen LogP contribution is 2.26. The fourth-order valence-corrected chi connectivity index (χ4v) is 4.51. The van der Waals surface area contributed by atoms with Gasteiger partial charge in [-0.3, -0.25) is 9.59 Å². The Morgan fingerprint density at radius 1 is 0.730 bits per heavy atom. The van der Waals surface area contributed by atoms with E-state index in [-0.39, 0.29) is 31.3 Å². The number of amides is 2. The molecule has 0 bridgehead atoms. The Morgan fingerprint density at radius 2 is 1.35 bits per heavy atom. The quantitative estimate of drug-likeness (QED) is 0.239. The number of nitrogens with zero attached hydrogens (tertiary/aromatic N) is 1. The van der Waals surface area contributed by atoms with Crippen LogP contribution < -0.4 is 5.32 Å². The highest BCUT2D eigenvalue weighted by Gasteiger charge is 2.31. The molecule has 0 radical (unpaired) electrons. The number of hydrogen-bond acceptors (Lipinski definition) is 2. The topological polar surface area (TPSA) is 49.4 Å². The molecule has 0 spiro atoms. The number of benzene rings is 4. The van der Waals surface area contributed by atoms with E-state index in [2.05, 4.69) is 5.32 Å². The first kappa shape index (κ1) is 26.5. The van der Waals surface area contributed by atoms with E-state index in [1.165, 1.54) is 0 Å². The standard InChI is InChI=1S/C31H28Cl2N2O2/c32-27-18-15-24(16-19-27)22-35(29(36)20-17-23-9-3-1-4-10-23)30(25-11-5-2-6-12-25)31(37)34-21-26-13-7-8-14-28(26)33/h1-16,18-19,30H,17,20-22H2,(H,34,37). The van der Waals surface area contributed by atoms with Crippen molar-refractivity contribution in [3.63, 3.8) is 0 Å². The minimum Gasteiger partial charge on any atom is -0.350 e. The summed E-state index contributed by atoms with van der Waals surface area (Å²) in [7, 11) is 0. The smallest absolute Gasteiger partial charge is 0.247 e. The summed E-state index contributed by atoms with van der Waals surface area (Å²) < 4.78 is 0. The fraction of sp³-hybridized carbons (Fsp3) is 0.161. The molecule has 4 nitrogen and oxygen atoms in total. The van der Waals surface area contributed by atoms with Crippen LogP contribution in [0.2, 0.25) is 10.0 Å². The summed E-state index contributed by atoms with van der Waals surface area (Å²) in [5, 5.41) is 4.20. The van der Waals surface area contributed by atoms with E-state index in [0.717, 1.165) is 22.3 Å². The van der Waals surface area contributed by atoms with Crippen molar-refractivity contribution in [3.05, 3.63) is 141 Å². The highest BCUT2D eigenvalue weighted by molar-refractivity contribution is 6.31. The maximum Gasteiger partial charge on any atom is 0.247 e. The molecular weight excluding hydrogens is 503 g/mol. The van der Waals surface area contributed by atoms with Gasteiger partial charge in [-0.25, -0.2) is 0 Å². The van der Waals surface area contributed by atoms with Crippen LogP contribution in [0.4, 0.5) is 0 Å². The third-order valence-electron chi connectivity index (χ3n) is 6.14. The van der Waals surface area contributed by atoms with E-state index < -0.39 is 6.04 Å². The van der Waals surface area contributed by atoms with E-state index in [9.17, 15) is 9.59 Å². The maximum absolute atomic E-state index is 13.7. The number of nitrogens with one attached hydrogen (secondary N) is 1. The average Bonchev–Trinajstić information content (AvgIpc) is 2.93. The zero-order valence-corrected chi connectivity index (χ0v) is 21.8. The molecule has 0 aliphatic heterocycles. The molecule has 37 heavy (non-hydrogen) atoms. The van der Waals surface area contributed by atoms with E-state index in [0.29, 0.717) is 16.5 Å². The Labute approximate surface area is 227 Å². The molecule has 188 valence electrons. The second kappa shape index (κ2) is 13.1.